The van der Waals surface area contributed by atoms with Gasteiger partial charge in [0.15, 0.2) is 0 Å². The SMILES string of the molecule is CC(C)CC(CC(C)C)OCC(COCC(COC(CC(C)C)CC(C)C)OC(CC(C)C)CC(C)C)OC(CC(C)C)CC(C)C. The molecule has 0 aliphatic rings. The lowest BCUT2D eigenvalue weighted by molar-refractivity contribution is -0.143. The maximum absolute atomic E-state index is 6.86. The second kappa shape index (κ2) is 26.6. The molecule has 0 fully saturated rings. The van der Waals surface area contributed by atoms with E-state index in [0.717, 1.165) is 51.4 Å². The van der Waals surface area contributed by atoms with Crippen LogP contribution in [0.15, 0.2) is 0 Å². The topological polar surface area (TPSA) is 46.2 Å². The molecular weight excluding hydrogens is 584 g/mol. The third-order valence-corrected chi connectivity index (χ3v) is 8.29. The van der Waals surface area contributed by atoms with Crippen molar-refractivity contribution in [2.75, 3.05) is 26.4 Å². The standard InChI is InChI=1S/C42H86O5/c1-29(2)17-37(18-30(3)4)44-27-41(46-39(21-33(9)10)22-34(11)12)25-43-26-42(47-40(23-35(13)14)24-36(15)16)28-45-38(19-31(5)6)20-32(7)8/h29-42H,17-28H2,1-16H3. The molecule has 0 aromatic rings. The Balaban J connectivity index is 5.94. The number of rotatable bonds is 30. The molecule has 284 valence electrons. The van der Waals surface area contributed by atoms with Gasteiger partial charge in [0.2, 0.25) is 0 Å². The van der Waals surface area contributed by atoms with Crippen molar-refractivity contribution in [3.05, 3.63) is 0 Å². The molecule has 0 heterocycles. The maximum atomic E-state index is 6.86. The van der Waals surface area contributed by atoms with Crippen LogP contribution in [0.5, 0.6) is 0 Å². The summed E-state index contributed by atoms with van der Waals surface area (Å²) < 4.78 is 33.6. The van der Waals surface area contributed by atoms with Crippen molar-refractivity contribution < 1.29 is 23.7 Å². The second-order valence-electron chi connectivity index (χ2n) is 18.2. The summed E-state index contributed by atoms with van der Waals surface area (Å²) in [7, 11) is 0. The van der Waals surface area contributed by atoms with Gasteiger partial charge in [0.25, 0.3) is 0 Å². The molecule has 0 aliphatic carbocycles. The van der Waals surface area contributed by atoms with E-state index in [-0.39, 0.29) is 36.6 Å². The van der Waals surface area contributed by atoms with Crippen molar-refractivity contribution in [3.63, 3.8) is 0 Å². The second-order valence-corrected chi connectivity index (χ2v) is 18.2. The van der Waals surface area contributed by atoms with Gasteiger partial charge in [0.05, 0.1) is 50.8 Å². The molecule has 2 atom stereocenters. The van der Waals surface area contributed by atoms with E-state index in [2.05, 4.69) is 111 Å². The number of hydrogen-bond acceptors (Lipinski definition) is 5. The fraction of sp³-hybridized carbons (Fsp3) is 1.00. The fourth-order valence-corrected chi connectivity index (χ4v) is 6.70. The van der Waals surface area contributed by atoms with Crippen LogP contribution in [0.3, 0.4) is 0 Å². The van der Waals surface area contributed by atoms with Crippen LogP contribution < -0.4 is 0 Å². The minimum absolute atomic E-state index is 0.113. The summed E-state index contributed by atoms with van der Waals surface area (Å²) in [5.41, 5.74) is 0. The zero-order valence-electron chi connectivity index (χ0n) is 34.6. The Morgan fingerprint density at radius 3 is 0.681 bits per heavy atom. The van der Waals surface area contributed by atoms with E-state index in [1.807, 2.05) is 0 Å². The van der Waals surface area contributed by atoms with Crippen LogP contribution in [0.2, 0.25) is 0 Å². The molecule has 0 bridgehead atoms. The molecule has 0 aromatic carbocycles. The lowest BCUT2D eigenvalue weighted by atomic mass is 9.97. The molecule has 0 saturated heterocycles. The molecule has 0 radical (unpaired) electrons. The maximum Gasteiger partial charge on any atom is 0.104 e. The van der Waals surface area contributed by atoms with Gasteiger partial charge in [0.1, 0.15) is 12.2 Å². The van der Waals surface area contributed by atoms with E-state index in [0.29, 0.717) is 73.8 Å². The Bertz CT molecular complexity index is 603. The first-order valence-electron chi connectivity index (χ1n) is 20.0. The normalized spacial score (nSPS) is 14.6. The summed E-state index contributed by atoms with van der Waals surface area (Å²) >= 11 is 0. The van der Waals surface area contributed by atoms with Crippen LogP contribution in [0.1, 0.15) is 162 Å². The van der Waals surface area contributed by atoms with Crippen molar-refractivity contribution in [2.45, 2.75) is 199 Å². The minimum atomic E-state index is -0.113. The van der Waals surface area contributed by atoms with Crippen LogP contribution in [0, 0.1) is 47.3 Å². The molecule has 47 heavy (non-hydrogen) atoms. The van der Waals surface area contributed by atoms with Crippen molar-refractivity contribution in [2.24, 2.45) is 47.3 Å². The first kappa shape index (κ1) is 46.8. The molecule has 0 N–H and O–H groups in total. The summed E-state index contributed by atoms with van der Waals surface area (Å²) in [5.74, 6) is 4.71. The van der Waals surface area contributed by atoms with Gasteiger partial charge in [-0.05, 0) is 98.7 Å². The monoisotopic (exact) mass is 671 g/mol. The summed E-state index contributed by atoms with van der Waals surface area (Å²) in [6.07, 6.45) is 9.14. The van der Waals surface area contributed by atoms with Crippen LogP contribution in [0.4, 0.5) is 0 Å². The first-order valence-corrected chi connectivity index (χ1v) is 20.0. The lowest BCUT2D eigenvalue weighted by Gasteiger charge is -2.31. The predicted molar refractivity (Wildman–Crippen MR) is 203 cm³/mol. The summed E-state index contributed by atoms with van der Waals surface area (Å²) in [6, 6.07) is 0. The summed E-state index contributed by atoms with van der Waals surface area (Å²) in [4.78, 5) is 0. The molecule has 2 unspecified atom stereocenters. The molecule has 0 amide bonds. The molecule has 0 rings (SSSR count). The van der Waals surface area contributed by atoms with E-state index in [4.69, 9.17) is 23.7 Å². The van der Waals surface area contributed by atoms with E-state index >= 15 is 0 Å². The quantitative estimate of drug-likeness (QED) is 0.0761. The average Bonchev–Trinajstić information content (AvgIpc) is 2.86. The van der Waals surface area contributed by atoms with E-state index in [1.165, 1.54) is 0 Å². The molecule has 0 aliphatic heterocycles. The minimum Gasteiger partial charge on any atom is -0.376 e. The Kier molecular flexibility index (Phi) is 26.5. The van der Waals surface area contributed by atoms with Crippen molar-refractivity contribution in [1.82, 2.24) is 0 Å². The molecule has 5 heteroatoms. The largest absolute Gasteiger partial charge is 0.376 e. The van der Waals surface area contributed by atoms with Crippen molar-refractivity contribution >= 4 is 0 Å². The van der Waals surface area contributed by atoms with Gasteiger partial charge in [-0.3, -0.25) is 0 Å². The zero-order valence-corrected chi connectivity index (χ0v) is 34.6. The molecule has 5 nitrogen and oxygen atoms in total. The van der Waals surface area contributed by atoms with Gasteiger partial charge >= 0.3 is 0 Å². The third-order valence-electron chi connectivity index (χ3n) is 8.29. The highest BCUT2D eigenvalue weighted by Crippen LogP contribution is 2.23. The highest BCUT2D eigenvalue weighted by molar-refractivity contribution is 4.73. The number of ether oxygens (including phenoxy) is 5. The van der Waals surface area contributed by atoms with Gasteiger partial charge < -0.3 is 23.7 Å². The Labute approximate surface area is 295 Å². The molecule has 0 spiro atoms. The van der Waals surface area contributed by atoms with Crippen LogP contribution in [0.25, 0.3) is 0 Å². The van der Waals surface area contributed by atoms with E-state index < -0.39 is 0 Å². The van der Waals surface area contributed by atoms with Gasteiger partial charge in [-0.25, -0.2) is 0 Å². The molecular formula is C42H86O5. The first-order chi connectivity index (χ1) is 21.9. The van der Waals surface area contributed by atoms with Crippen LogP contribution in [-0.2, 0) is 23.7 Å². The van der Waals surface area contributed by atoms with Gasteiger partial charge in [-0.1, -0.05) is 111 Å². The Morgan fingerprint density at radius 1 is 0.255 bits per heavy atom. The van der Waals surface area contributed by atoms with Crippen molar-refractivity contribution in [1.29, 1.82) is 0 Å². The van der Waals surface area contributed by atoms with E-state index in [1.54, 1.807) is 0 Å². The molecule has 0 aromatic heterocycles. The smallest absolute Gasteiger partial charge is 0.104 e. The van der Waals surface area contributed by atoms with E-state index in [9.17, 15) is 0 Å². The van der Waals surface area contributed by atoms with Crippen molar-refractivity contribution in [3.8, 4) is 0 Å². The molecule has 0 saturated carbocycles. The zero-order chi connectivity index (χ0) is 36.1. The summed E-state index contributed by atoms with van der Waals surface area (Å²) in [6.45, 7) is 38.8. The summed E-state index contributed by atoms with van der Waals surface area (Å²) in [5, 5.41) is 0. The van der Waals surface area contributed by atoms with Gasteiger partial charge in [-0.15, -0.1) is 0 Å². The highest BCUT2D eigenvalue weighted by atomic mass is 16.6. The fourth-order valence-electron chi connectivity index (χ4n) is 6.70. The van der Waals surface area contributed by atoms with Gasteiger partial charge in [-0.2, -0.15) is 0 Å². The lowest BCUT2D eigenvalue weighted by Crippen LogP contribution is -2.37. The third kappa shape index (κ3) is 28.2. The Hall–Kier alpha value is -0.200. The Morgan fingerprint density at radius 2 is 0.468 bits per heavy atom. The van der Waals surface area contributed by atoms with Crippen LogP contribution >= 0.6 is 0 Å². The highest BCUT2D eigenvalue weighted by Gasteiger charge is 2.25. The van der Waals surface area contributed by atoms with Crippen LogP contribution in [-0.4, -0.2) is 63.1 Å². The van der Waals surface area contributed by atoms with Gasteiger partial charge in [0, 0.05) is 0 Å². The number of hydrogen-bond donors (Lipinski definition) is 0. The predicted octanol–water partition coefficient (Wildman–Crippen LogP) is 11.6. The average molecular weight is 671 g/mol.